The molecule has 0 radical (unpaired) electrons. The van der Waals surface area contributed by atoms with Gasteiger partial charge in [-0.05, 0) is 19.8 Å². The maximum absolute atomic E-state index is 4.73. The molecule has 0 saturated heterocycles. The summed E-state index contributed by atoms with van der Waals surface area (Å²) in [5.74, 6) is 0.847. The number of unbranched alkanes of at least 4 members (excludes halogenated alkanes) is 8. The van der Waals surface area contributed by atoms with Crippen molar-refractivity contribution < 1.29 is 0 Å². The number of nitrogens with zero attached hydrogens (tertiary/aromatic N) is 3. The minimum absolute atomic E-state index is 0.572. The summed E-state index contributed by atoms with van der Waals surface area (Å²) in [7, 11) is 0. The third kappa shape index (κ3) is 12.7. The van der Waals surface area contributed by atoms with Crippen molar-refractivity contribution in [3.05, 3.63) is 5.82 Å². The van der Waals surface area contributed by atoms with Crippen molar-refractivity contribution in [2.75, 3.05) is 0 Å². The van der Waals surface area contributed by atoms with E-state index in [1.54, 1.807) is 0 Å². The van der Waals surface area contributed by atoms with Crippen LogP contribution in [0.15, 0.2) is 10.3 Å². The molecule has 0 fully saturated rings. The van der Waals surface area contributed by atoms with Gasteiger partial charge in [-0.2, -0.15) is 4.98 Å². The first-order chi connectivity index (χ1) is 13.0. The van der Waals surface area contributed by atoms with Crippen molar-refractivity contribution >= 4 is 23.5 Å². The molecule has 0 N–H and O–H groups in total. The van der Waals surface area contributed by atoms with Gasteiger partial charge in [0, 0.05) is 10.5 Å². The fourth-order valence-electron chi connectivity index (χ4n) is 3.09. The zero-order chi connectivity index (χ0) is 19.9. The quantitative estimate of drug-likeness (QED) is 0.204. The third-order valence-electron chi connectivity index (χ3n) is 4.75. The predicted octanol–water partition coefficient (Wildman–Crippen LogP) is 7.86. The Labute approximate surface area is 176 Å². The molecule has 1 aromatic rings. The summed E-state index contributed by atoms with van der Waals surface area (Å²) < 4.78 is 0. The molecule has 27 heavy (non-hydrogen) atoms. The lowest BCUT2D eigenvalue weighted by atomic mass is 10.1. The van der Waals surface area contributed by atoms with Crippen LogP contribution in [0.3, 0.4) is 0 Å². The molecule has 0 aliphatic carbocycles. The number of hydrogen-bond acceptors (Lipinski definition) is 5. The molecule has 1 rings (SSSR count). The van der Waals surface area contributed by atoms with E-state index in [2.05, 4.69) is 37.7 Å². The smallest absolute Gasteiger partial charge is 0.192 e. The Bertz CT molecular complexity index is 456. The van der Waals surface area contributed by atoms with Crippen LogP contribution in [0.2, 0.25) is 0 Å². The van der Waals surface area contributed by atoms with E-state index in [4.69, 9.17) is 4.98 Å². The second-order valence-corrected chi connectivity index (χ2v) is 10.5. The normalized spacial score (nSPS) is 13.7. The van der Waals surface area contributed by atoms with Crippen LogP contribution in [0.5, 0.6) is 0 Å². The van der Waals surface area contributed by atoms with Gasteiger partial charge in [-0.15, -0.1) is 0 Å². The van der Waals surface area contributed by atoms with Crippen LogP contribution in [0.25, 0.3) is 0 Å². The second kappa shape index (κ2) is 15.6. The molecular formula is C22H41N3S2. The van der Waals surface area contributed by atoms with Crippen molar-refractivity contribution in [3.63, 3.8) is 0 Å². The van der Waals surface area contributed by atoms with E-state index in [-0.39, 0.29) is 0 Å². The SMILES string of the molecule is CCCCCCCC(C)Sc1nc(C)nc(SC(C)CCCCCCC)n1. The van der Waals surface area contributed by atoms with E-state index >= 15 is 0 Å². The Morgan fingerprint density at radius 3 is 1.44 bits per heavy atom. The van der Waals surface area contributed by atoms with Gasteiger partial charge in [-0.25, -0.2) is 9.97 Å². The Kier molecular flexibility index (Phi) is 14.3. The molecule has 0 saturated carbocycles. The summed E-state index contributed by atoms with van der Waals surface area (Å²) >= 11 is 3.63. The van der Waals surface area contributed by atoms with Crippen molar-refractivity contribution in [2.45, 2.75) is 132 Å². The summed E-state index contributed by atoms with van der Waals surface area (Å²) in [5, 5.41) is 2.95. The fraction of sp³-hybridized carbons (Fsp3) is 0.864. The minimum Gasteiger partial charge on any atom is -0.208 e. The summed E-state index contributed by atoms with van der Waals surface area (Å²) in [6, 6.07) is 0. The van der Waals surface area contributed by atoms with Gasteiger partial charge in [0.25, 0.3) is 0 Å². The van der Waals surface area contributed by atoms with E-state index in [1.165, 1.54) is 77.0 Å². The van der Waals surface area contributed by atoms with Crippen LogP contribution in [-0.2, 0) is 0 Å². The van der Waals surface area contributed by atoms with Crippen molar-refractivity contribution in [3.8, 4) is 0 Å². The molecule has 1 heterocycles. The molecule has 1 aromatic heterocycles. The van der Waals surface area contributed by atoms with Gasteiger partial charge in [-0.1, -0.05) is 115 Å². The number of hydrogen-bond donors (Lipinski definition) is 0. The van der Waals surface area contributed by atoms with Crippen LogP contribution >= 0.6 is 23.5 Å². The molecule has 2 unspecified atom stereocenters. The van der Waals surface area contributed by atoms with E-state index in [1.807, 2.05) is 30.4 Å². The summed E-state index contributed by atoms with van der Waals surface area (Å²) in [6.45, 7) is 11.1. The standard InChI is InChI=1S/C22H41N3S2/c1-6-8-10-12-14-16-18(3)26-21-23-20(5)24-22(25-21)27-19(4)17-15-13-11-9-7-2/h18-19H,6-17H2,1-5H3. The first kappa shape index (κ1) is 24.7. The monoisotopic (exact) mass is 411 g/mol. The van der Waals surface area contributed by atoms with Gasteiger partial charge in [0.15, 0.2) is 10.3 Å². The minimum atomic E-state index is 0.572. The highest BCUT2D eigenvalue weighted by atomic mass is 32.2. The van der Waals surface area contributed by atoms with Gasteiger partial charge < -0.3 is 0 Å². The summed E-state index contributed by atoms with van der Waals surface area (Å²) in [5.41, 5.74) is 0. The maximum atomic E-state index is 4.73. The average molecular weight is 412 g/mol. The van der Waals surface area contributed by atoms with E-state index in [0.29, 0.717) is 10.5 Å². The van der Waals surface area contributed by atoms with Crippen molar-refractivity contribution in [1.82, 2.24) is 15.0 Å². The Balaban J connectivity index is 2.39. The Hall–Kier alpha value is -0.290. The van der Waals surface area contributed by atoms with Crippen LogP contribution in [0, 0.1) is 6.92 Å². The molecule has 2 atom stereocenters. The first-order valence-electron chi connectivity index (χ1n) is 11.1. The molecule has 5 heteroatoms. The highest BCUT2D eigenvalue weighted by molar-refractivity contribution is 8.00. The lowest BCUT2D eigenvalue weighted by molar-refractivity contribution is 0.604. The fourth-order valence-corrected chi connectivity index (χ4v) is 5.08. The number of aromatic nitrogens is 3. The zero-order valence-corrected chi connectivity index (χ0v) is 19.9. The topological polar surface area (TPSA) is 38.7 Å². The molecule has 0 aliphatic heterocycles. The highest BCUT2D eigenvalue weighted by Gasteiger charge is 2.12. The third-order valence-corrected chi connectivity index (χ3v) is 6.81. The molecule has 0 aliphatic rings. The second-order valence-electron chi connectivity index (χ2n) is 7.71. The first-order valence-corrected chi connectivity index (χ1v) is 12.9. The summed E-state index contributed by atoms with van der Waals surface area (Å²) in [6.07, 6.45) is 15.9. The van der Waals surface area contributed by atoms with Crippen LogP contribution in [0.4, 0.5) is 0 Å². The van der Waals surface area contributed by atoms with E-state index in [0.717, 1.165) is 16.1 Å². The highest BCUT2D eigenvalue weighted by Crippen LogP contribution is 2.28. The van der Waals surface area contributed by atoms with Gasteiger partial charge in [0.2, 0.25) is 0 Å². The summed E-state index contributed by atoms with van der Waals surface area (Å²) in [4.78, 5) is 13.9. The number of aryl methyl sites for hydroxylation is 1. The number of thioether (sulfide) groups is 2. The predicted molar refractivity (Wildman–Crippen MR) is 122 cm³/mol. The van der Waals surface area contributed by atoms with Crippen LogP contribution in [-0.4, -0.2) is 25.5 Å². The van der Waals surface area contributed by atoms with Gasteiger partial charge >= 0.3 is 0 Å². The Morgan fingerprint density at radius 1 is 0.630 bits per heavy atom. The molecule has 156 valence electrons. The lowest BCUT2D eigenvalue weighted by Crippen LogP contribution is -2.04. The van der Waals surface area contributed by atoms with E-state index < -0.39 is 0 Å². The molecule has 3 nitrogen and oxygen atoms in total. The number of rotatable bonds is 16. The Morgan fingerprint density at radius 2 is 1.04 bits per heavy atom. The molecule has 0 spiro atoms. The van der Waals surface area contributed by atoms with Gasteiger partial charge in [-0.3, -0.25) is 0 Å². The van der Waals surface area contributed by atoms with Crippen LogP contribution < -0.4 is 0 Å². The van der Waals surface area contributed by atoms with Gasteiger partial charge in [0.1, 0.15) is 5.82 Å². The molecular weight excluding hydrogens is 370 g/mol. The zero-order valence-electron chi connectivity index (χ0n) is 18.3. The van der Waals surface area contributed by atoms with E-state index in [9.17, 15) is 0 Å². The van der Waals surface area contributed by atoms with Crippen molar-refractivity contribution in [1.29, 1.82) is 0 Å². The maximum Gasteiger partial charge on any atom is 0.192 e. The average Bonchev–Trinajstić information content (AvgIpc) is 2.60. The lowest BCUT2D eigenvalue weighted by Gasteiger charge is -2.13. The molecule has 0 amide bonds. The van der Waals surface area contributed by atoms with Crippen LogP contribution in [0.1, 0.15) is 111 Å². The molecule has 0 aromatic carbocycles. The van der Waals surface area contributed by atoms with Gasteiger partial charge in [0.05, 0.1) is 0 Å². The largest absolute Gasteiger partial charge is 0.208 e. The van der Waals surface area contributed by atoms with Crippen molar-refractivity contribution in [2.24, 2.45) is 0 Å². The molecule has 0 bridgehead atoms.